The van der Waals surface area contributed by atoms with Crippen LogP contribution in [0, 0.1) is 11.3 Å². The summed E-state index contributed by atoms with van der Waals surface area (Å²) in [5.74, 6) is 0. The van der Waals surface area contributed by atoms with E-state index in [4.69, 9.17) is 5.26 Å². The van der Waals surface area contributed by atoms with Gasteiger partial charge in [0.2, 0.25) is 0 Å². The fraction of sp³-hybridized carbons (Fsp3) is 0.273. The minimum atomic E-state index is 0.254. The maximum absolute atomic E-state index is 8.96. The number of hydrogen-bond donors (Lipinski definition) is 0. The minimum Gasteiger partial charge on any atom is -0.261 e. The van der Waals surface area contributed by atoms with Crippen molar-refractivity contribution in [3.05, 3.63) is 28.4 Å². The molecule has 0 spiro atoms. The number of hydrogen-bond acceptors (Lipinski definition) is 2. The molecular weight excluding hydrogens is 254 g/mol. The first-order valence-electron chi connectivity index (χ1n) is 4.71. The van der Waals surface area contributed by atoms with Crippen molar-refractivity contribution in [3.8, 4) is 6.07 Å². The van der Waals surface area contributed by atoms with E-state index in [1.807, 2.05) is 22.9 Å². The molecule has 0 aliphatic carbocycles. The molecule has 0 bridgehead atoms. The van der Waals surface area contributed by atoms with Crippen molar-refractivity contribution >= 4 is 26.8 Å². The van der Waals surface area contributed by atoms with Crippen molar-refractivity contribution in [2.24, 2.45) is 0 Å². The van der Waals surface area contributed by atoms with E-state index in [0.717, 1.165) is 15.4 Å². The fourth-order valence-corrected chi connectivity index (χ4v) is 1.94. The Hall–Kier alpha value is -1.34. The lowest BCUT2D eigenvalue weighted by Gasteiger charge is -2.06. The van der Waals surface area contributed by atoms with E-state index in [1.165, 1.54) is 0 Å². The minimum absolute atomic E-state index is 0.254. The Labute approximate surface area is 96.4 Å². The third-order valence-electron chi connectivity index (χ3n) is 2.26. The summed E-state index contributed by atoms with van der Waals surface area (Å²) in [4.78, 5) is 0. The molecule has 15 heavy (non-hydrogen) atoms. The van der Waals surface area contributed by atoms with Crippen LogP contribution in [-0.2, 0) is 0 Å². The second-order valence-corrected chi connectivity index (χ2v) is 4.58. The molecule has 0 atom stereocenters. The molecule has 0 saturated heterocycles. The fourth-order valence-electron chi connectivity index (χ4n) is 1.59. The quantitative estimate of drug-likeness (QED) is 0.793. The Morgan fingerprint density at radius 3 is 2.80 bits per heavy atom. The van der Waals surface area contributed by atoms with E-state index in [-0.39, 0.29) is 6.04 Å². The first-order chi connectivity index (χ1) is 7.13. The van der Waals surface area contributed by atoms with Crippen LogP contribution in [0.1, 0.15) is 25.6 Å². The lowest BCUT2D eigenvalue weighted by Crippen LogP contribution is -2.02. The van der Waals surface area contributed by atoms with Crippen LogP contribution in [0.15, 0.2) is 22.7 Å². The van der Waals surface area contributed by atoms with E-state index in [9.17, 15) is 0 Å². The largest absolute Gasteiger partial charge is 0.261 e. The highest BCUT2D eigenvalue weighted by Crippen LogP contribution is 2.24. The maximum Gasteiger partial charge on any atom is 0.170 e. The topological polar surface area (TPSA) is 41.6 Å². The third-order valence-corrected chi connectivity index (χ3v) is 2.76. The standard InChI is InChI=1S/C11H10BrN3/c1-7(2)15-11-5-8(12)3-4-9(11)10(6-13)14-15/h3-5,7H,1-2H3. The molecule has 3 nitrogen and oxygen atoms in total. The van der Waals surface area contributed by atoms with Gasteiger partial charge in [0.15, 0.2) is 5.69 Å². The van der Waals surface area contributed by atoms with Gasteiger partial charge in [0, 0.05) is 15.9 Å². The van der Waals surface area contributed by atoms with Crippen LogP contribution in [0.5, 0.6) is 0 Å². The van der Waals surface area contributed by atoms with E-state index < -0.39 is 0 Å². The van der Waals surface area contributed by atoms with Crippen LogP contribution >= 0.6 is 15.9 Å². The average molecular weight is 264 g/mol. The van der Waals surface area contributed by atoms with Crippen LogP contribution < -0.4 is 0 Å². The Morgan fingerprint density at radius 2 is 2.20 bits per heavy atom. The Kier molecular flexibility index (Phi) is 2.49. The summed E-state index contributed by atoms with van der Waals surface area (Å²) in [6, 6.07) is 8.21. The molecule has 1 heterocycles. The van der Waals surface area contributed by atoms with E-state index in [2.05, 4.69) is 40.9 Å². The van der Waals surface area contributed by atoms with Crippen molar-refractivity contribution in [2.75, 3.05) is 0 Å². The average Bonchev–Trinajstić information content (AvgIpc) is 2.55. The van der Waals surface area contributed by atoms with Crippen molar-refractivity contribution in [3.63, 3.8) is 0 Å². The van der Waals surface area contributed by atoms with Gasteiger partial charge in [-0.15, -0.1) is 0 Å². The number of nitrogens with zero attached hydrogens (tertiary/aromatic N) is 3. The number of nitriles is 1. The molecule has 1 aromatic carbocycles. The lowest BCUT2D eigenvalue weighted by atomic mass is 10.2. The Morgan fingerprint density at radius 1 is 1.47 bits per heavy atom. The third kappa shape index (κ3) is 1.64. The molecular formula is C11H10BrN3. The van der Waals surface area contributed by atoms with Gasteiger partial charge >= 0.3 is 0 Å². The molecule has 0 saturated carbocycles. The summed E-state index contributed by atoms with van der Waals surface area (Å²) in [5, 5.41) is 14.2. The zero-order valence-corrected chi connectivity index (χ0v) is 10.1. The molecule has 0 aliphatic rings. The van der Waals surface area contributed by atoms with E-state index in [0.29, 0.717) is 5.69 Å². The van der Waals surface area contributed by atoms with Crippen LogP contribution in [0.4, 0.5) is 0 Å². The number of benzene rings is 1. The van der Waals surface area contributed by atoms with Gasteiger partial charge in [-0.1, -0.05) is 15.9 Å². The number of rotatable bonds is 1. The van der Waals surface area contributed by atoms with Crippen molar-refractivity contribution < 1.29 is 0 Å². The Bertz CT molecular complexity index is 549. The van der Waals surface area contributed by atoms with Crippen molar-refractivity contribution in [1.82, 2.24) is 9.78 Å². The van der Waals surface area contributed by atoms with Crippen LogP contribution in [0.3, 0.4) is 0 Å². The lowest BCUT2D eigenvalue weighted by molar-refractivity contribution is 0.549. The van der Waals surface area contributed by atoms with Gasteiger partial charge in [0.1, 0.15) is 6.07 Å². The zero-order chi connectivity index (χ0) is 11.0. The number of aromatic nitrogens is 2. The molecule has 0 amide bonds. The van der Waals surface area contributed by atoms with E-state index in [1.54, 1.807) is 0 Å². The molecule has 0 unspecified atom stereocenters. The van der Waals surface area contributed by atoms with Gasteiger partial charge in [0.05, 0.1) is 5.52 Å². The second kappa shape index (κ2) is 3.67. The zero-order valence-electron chi connectivity index (χ0n) is 8.53. The maximum atomic E-state index is 8.96. The summed E-state index contributed by atoms with van der Waals surface area (Å²) in [6.07, 6.45) is 0. The van der Waals surface area contributed by atoms with Crippen molar-refractivity contribution in [1.29, 1.82) is 5.26 Å². The van der Waals surface area contributed by atoms with Crippen LogP contribution in [0.25, 0.3) is 10.9 Å². The van der Waals surface area contributed by atoms with Crippen LogP contribution in [0.2, 0.25) is 0 Å². The van der Waals surface area contributed by atoms with Gasteiger partial charge in [-0.2, -0.15) is 10.4 Å². The predicted octanol–water partition coefficient (Wildman–Crippen LogP) is 3.25. The predicted molar refractivity (Wildman–Crippen MR) is 62.5 cm³/mol. The molecule has 0 N–H and O–H groups in total. The molecule has 4 heteroatoms. The van der Waals surface area contributed by atoms with E-state index >= 15 is 0 Å². The molecule has 2 rings (SSSR count). The summed E-state index contributed by atoms with van der Waals surface area (Å²) in [7, 11) is 0. The first kappa shape index (κ1) is 10.2. The SMILES string of the molecule is CC(C)n1nc(C#N)c2ccc(Br)cc21. The molecule has 0 fully saturated rings. The summed E-state index contributed by atoms with van der Waals surface area (Å²) in [5.41, 5.74) is 1.49. The molecule has 0 aliphatic heterocycles. The Balaban J connectivity index is 2.83. The summed E-state index contributed by atoms with van der Waals surface area (Å²) >= 11 is 3.42. The normalized spacial score (nSPS) is 10.9. The smallest absolute Gasteiger partial charge is 0.170 e. The van der Waals surface area contributed by atoms with Gasteiger partial charge < -0.3 is 0 Å². The molecule has 2 aromatic rings. The van der Waals surface area contributed by atoms with Gasteiger partial charge in [-0.05, 0) is 32.0 Å². The van der Waals surface area contributed by atoms with Gasteiger partial charge in [-0.25, -0.2) is 0 Å². The first-order valence-corrected chi connectivity index (χ1v) is 5.50. The highest BCUT2D eigenvalue weighted by molar-refractivity contribution is 9.10. The molecule has 0 radical (unpaired) electrons. The molecule has 76 valence electrons. The van der Waals surface area contributed by atoms with Gasteiger partial charge in [0.25, 0.3) is 0 Å². The second-order valence-electron chi connectivity index (χ2n) is 3.66. The number of fused-ring (bicyclic) bond motifs is 1. The highest BCUT2D eigenvalue weighted by Gasteiger charge is 2.11. The van der Waals surface area contributed by atoms with Gasteiger partial charge in [-0.3, -0.25) is 4.68 Å². The highest BCUT2D eigenvalue weighted by atomic mass is 79.9. The monoisotopic (exact) mass is 263 g/mol. The summed E-state index contributed by atoms with van der Waals surface area (Å²) in [6.45, 7) is 4.10. The van der Waals surface area contributed by atoms with Crippen LogP contribution in [-0.4, -0.2) is 9.78 Å². The van der Waals surface area contributed by atoms with Crippen molar-refractivity contribution in [2.45, 2.75) is 19.9 Å². The molecule has 1 aromatic heterocycles. The summed E-state index contributed by atoms with van der Waals surface area (Å²) < 4.78 is 2.87. The number of halogens is 1.